The van der Waals surface area contributed by atoms with Crippen molar-refractivity contribution in [2.24, 2.45) is 0 Å². The molecule has 0 aliphatic carbocycles. The Morgan fingerprint density at radius 3 is 1.26 bits per heavy atom. The van der Waals surface area contributed by atoms with Crippen LogP contribution in [0.15, 0.2) is 48.5 Å². The molecule has 0 radical (unpaired) electrons. The molecule has 0 aromatic heterocycles. The van der Waals surface area contributed by atoms with Crippen LogP contribution in [0.25, 0.3) is 0 Å². The lowest BCUT2D eigenvalue weighted by Gasteiger charge is -2.11. The second kappa shape index (κ2) is 18.1. The molecule has 2 aromatic carbocycles. The number of terminal acetylenes is 1. The van der Waals surface area contributed by atoms with Gasteiger partial charge in [-0.2, -0.15) is 0 Å². The second-order valence-electron chi connectivity index (χ2n) is 6.57. The third kappa shape index (κ3) is 12.2. The molecule has 0 fully saturated rings. The molecule has 1 atom stereocenters. The van der Waals surface area contributed by atoms with E-state index < -0.39 is 0 Å². The van der Waals surface area contributed by atoms with Gasteiger partial charge < -0.3 is 4.74 Å². The Bertz CT molecular complexity index is 1850. The van der Waals surface area contributed by atoms with Crippen LogP contribution >= 0.6 is 11.6 Å². The number of benzene rings is 2. The SMILES string of the molecule is C#CC#CC#CC#CC#CC#CC#CC#CC#CC#CC#COc1ccc(C(Cl)c2ccc(C)cc2)cc1. The van der Waals surface area contributed by atoms with Crippen LogP contribution in [0.4, 0.5) is 0 Å². The Morgan fingerprint density at radius 1 is 0.526 bits per heavy atom. The highest BCUT2D eigenvalue weighted by molar-refractivity contribution is 6.22. The smallest absolute Gasteiger partial charge is 0.140 e. The van der Waals surface area contributed by atoms with Crippen molar-refractivity contribution in [1.82, 2.24) is 0 Å². The highest BCUT2D eigenvalue weighted by atomic mass is 35.5. The van der Waals surface area contributed by atoms with Crippen molar-refractivity contribution in [2.45, 2.75) is 12.3 Å². The Balaban J connectivity index is 1.77. The van der Waals surface area contributed by atoms with Crippen molar-refractivity contribution in [3.8, 4) is 137 Å². The van der Waals surface area contributed by atoms with E-state index in [1.54, 1.807) is 12.1 Å². The number of hydrogen-bond donors (Lipinski definition) is 0. The van der Waals surface area contributed by atoms with E-state index in [2.05, 4.69) is 125 Å². The van der Waals surface area contributed by atoms with Gasteiger partial charge in [-0.1, -0.05) is 42.0 Å². The van der Waals surface area contributed by atoms with Crippen LogP contribution in [-0.4, -0.2) is 0 Å². The third-order valence-electron chi connectivity index (χ3n) is 3.96. The highest BCUT2D eigenvalue weighted by Gasteiger charge is 2.10. The van der Waals surface area contributed by atoms with Gasteiger partial charge in [-0.3, -0.25) is 0 Å². The van der Waals surface area contributed by atoms with Crippen LogP contribution in [0.1, 0.15) is 22.1 Å². The first kappa shape index (κ1) is 27.9. The molecule has 2 aromatic rings. The largest absolute Gasteiger partial charge is 0.407 e. The molecule has 0 saturated carbocycles. The lowest BCUT2D eigenvalue weighted by Crippen LogP contribution is -1.93. The highest BCUT2D eigenvalue weighted by Crippen LogP contribution is 2.29. The molecule has 38 heavy (non-hydrogen) atoms. The molecule has 2 rings (SSSR count). The first-order chi connectivity index (χ1) is 18.7. The van der Waals surface area contributed by atoms with Crippen molar-refractivity contribution in [3.63, 3.8) is 0 Å². The summed E-state index contributed by atoms with van der Waals surface area (Å²) in [4.78, 5) is 0. The lowest BCUT2D eigenvalue weighted by molar-refractivity contribution is 0.520. The van der Waals surface area contributed by atoms with Crippen LogP contribution in [0.2, 0.25) is 0 Å². The van der Waals surface area contributed by atoms with E-state index in [1.807, 2.05) is 43.3 Å². The molecular weight excluding hydrogens is 484 g/mol. The summed E-state index contributed by atoms with van der Waals surface area (Å²) < 4.78 is 5.35. The van der Waals surface area contributed by atoms with Crippen LogP contribution in [0.5, 0.6) is 5.75 Å². The Kier molecular flexibility index (Phi) is 13.3. The fraction of sp³-hybridized carbons (Fsp3) is 0.0556. The molecule has 0 saturated heterocycles. The van der Waals surface area contributed by atoms with Crippen LogP contribution in [0, 0.1) is 138 Å². The molecule has 0 aliphatic rings. The molecule has 170 valence electrons. The molecule has 0 spiro atoms. The zero-order chi connectivity index (χ0) is 27.1. The number of halogens is 1. The molecule has 1 unspecified atom stereocenters. The van der Waals surface area contributed by atoms with Crippen LogP contribution < -0.4 is 4.74 Å². The minimum Gasteiger partial charge on any atom is -0.407 e. The van der Waals surface area contributed by atoms with Gasteiger partial charge >= 0.3 is 0 Å². The maximum atomic E-state index is 6.56. The summed E-state index contributed by atoms with van der Waals surface area (Å²) in [6.07, 6.45) is 7.45. The molecule has 0 N–H and O–H groups in total. The summed E-state index contributed by atoms with van der Waals surface area (Å²) in [5.41, 5.74) is 3.19. The summed E-state index contributed by atoms with van der Waals surface area (Å²) in [5.74, 6) is 50.2. The molecule has 0 aliphatic heterocycles. The van der Waals surface area contributed by atoms with Gasteiger partial charge in [0, 0.05) is 71.0 Å². The number of aryl methyl sites for hydroxylation is 1. The minimum atomic E-state index is -0.236. The van der Waals surface area contributed by atoms with Gasteiger partial charge in [-0.25, -0.2) is 0 Å². The molecule has 0 bridgehead atoms. The first-order valence-electron chi connectivity index (χ1n) is 10.6. The van der Waals surface area contributed by atoms with E-state index in [0.29, 0.717) is 5.75 Å². The Labute approximate surface area is 230 Å². The van der Waals surface area contributed by atoms with Gasteiger partial charge in [-0.15, -0.1) is 18.0 Å². The van der Waals surface area contributed by atoms with E-state index in [4.69, 9.17) is 22.8 Å². The average molecular weight is 497 g/mol. The van der Waals surface area contributed by atoms with Crippen molar-refractivity contribution in [2.75, 3.05) is 0 Å². The number of ether oxygens (including phenoxy) is 1. The van der Waals surface area contributed by atoms with E-state index in [0.717, 1.165) is 11.1 Å². The number of rotatable bonds is 3. The summed E-state index contributed by atoms with van der Waals surface area (Å²) in [6.45, 7) is 2.04. The molecule has 1 nitrogen and oxygen atoms in total. The summed E-state index contributed by atoms with van der Waals surface area (Å²) in [7, 11) is 0. The van der Waals surface area contributed by atoms with Gasteiger partial charge in [0.15, 0.2) is 0 Å². The van der Waals surface area contributed by atoms with Gasteiger partial charge in [-0.05, 0) is 77.5 Å². The van der Waals surface area contributed by atoms with E-state index in [1.165, 1.54) is 5.56 Å². The summed E-state index contributed by atoms with van der Waals surface area (Å²) in [6, 6.07) is 15.5. The van der Waals surface area contributed by atoms with Crippen molar-refractivity contribution < 1.29 is 4.74 Å². The van der Waals surface area contributed by atoms with Gasteiger partial charge in [0.2, 0.25) is 0 Å². The molecule has 0 amide bonds. The quantitative estimate of drug-likeness (QED) is 0.454. The zero-order valence-corrected chi connectivity index (χ0v) is 20.8. The zero-order valence-electron chi connectivity index (χ0n) is 20.1. The van der Waals surface area contributed by atoms with Crippen LogP contribution in [-0.2, 0) is 0 Å². The van der Waals surface area contributed by atoms with Crippen molar-refractivity contribution in [3.05, 3.63) is 65.2 Å². The molecule has 2 heteroatoms. The number of hydrogen-bond acceptors (Lipinski definition) is 1. The van der Waals surface area contributed by atoms with Gasteiger partial charge in [0.25, 0.3) is 0 Å². The predicted octanol–water partition coefficient (Wildman–Crippen LogP) is 4.33. The summed E-state index contributed by atoms with van der Waals surface area (Å²) in [5, 5.41) is -0.236. The number of alkyl halides is 1. The average Bonchev–Trinajstić information content (AvgIpc) is 2.94. The van der Waals surface area contributed by atoms with E-state index >= 15 is 0 Å². The van der Waals surface area contributed by atoms with Gasteiger partial charge in [0.1, 0.15) is 11.9 Å². The van der Waals surface area contributed by atoms with E-state index in [9.17, 15) is 0 Å². The monoisotopic (exact) mass is 496 g/mol. The fourth-order valence-corrected chi connectivity index (χ4v) is 2.60. The fourth-order valence-electron chi connectivity index (χ4n) is 2.31. The first-order valence-corrected chi connectivity index (χ1v) is 11.1. The van der Waals surface area contributed by atoms with Crippen molar-refractivity contribution in [1.29, 1.82) is 0 Å². The second-order valence-corrected chi connectivity index (χ2v) is 7.00. The van der Waals surface area contributed by atoms with Crippen molar-refractivity contribution >= 4 is 11.6 Å². The van der Waals surface area contributed by atoms with E-state index in [-0.39, 0.29) is 5.38 Å². The topological polar surface area (TPSA) is 9.23 Å². The Morgan fingerprint density at radius 2 is 0.868 bits per heavy atom. The molecule has 0 heterocycles. The Hall–Kier alpha value is -6.31. The normalized spacial score (nSPS) is 7.61. The minimum absolute atomic E-state index is 0.236. The maximum Gasteiger partial charge on any atom is 0.140 e. The van der Waals surface area contributed by atoms with Gasteiger partial charge in [0.05, 0.1) is 5.38 Å². The maximum absolute atomic E-state index is 6.56. The molecular formula is C36H13ClO. The predicted molar refractivity (Wildman–Crippen MR) is 153 cm³/mol. The third-order valence-corrected chi connectivity index (χ3v) is 4.46. The standard InChI is InChI=1S/C36H13ClO/c1-3-4-5-6-7-8-9-10-11-12-13-14-15-16-17-18-19-20-21-22-31-38-35-29-27-34(28-30-35)36(37)33-25-23-32(2)24-26-33/h1,23-30,36H,2H3. The lowest BCUT2D eigenvalue weighted by atomic mass is 10.0. The van der Waals surface area contributed by atoms with Crippen LogP contribution in [0.3, 0.4) is 0 Å². The summed E-state index contributed by atoms with van der Waals surface area (Å²) >= 11 is 6.56.